The minimum Gasteiger partial charge on any atom is -0.316 e. The number of rotatable bonds is 2. The first-order valence-corrected chi connectivity index (χ1v) is 3.53. The van der Waals surface area contributed by atoms with Gasteiger partial charge >= 0.3 is 0 Å². The van der Waals surface area contributed by atoms with Crippen LogP contribution in [-0.2, 0) is 6.54 Å². The van der Waals surface area contributed by atoms with Crippen LogP contribution in [0.3, 0.4) is 0 Å². The van der Waals surface area contributed by atoms with Crippen molar-refractivity contribution in [3.63, 3.8) is 0 Å². The maximum absolute atomic E-state index is 3.11. The van der Waals surface area contributed by atoms with E-state index in [0.29, 0.717) is 0 Å². The summed E-state index contributed by atoms with van der Waals surface area (Å²) in [6.07, 6.45) is 0. The summed E-state index contributed by atoms with van der Waals surface area (Å²) in [6.45, 7) is 3.07. The summed E-state index contributed by atoms with van der Waals surface area (Å²) in [5, 5.41) is 3.11. The molecular weight excluding hydrogens is 146 g/mol. The summed E-state index contributed by atoms with van der Waals surface area (Å²) >= 11 is 0. The third kappa shape index (κ3) is 4.14. The second-order valence-electron chi connectivity index (χ2n) is 2.52. The van der Waals surface area contributed by atoms with Gasteiger partial charge in [-0.3, -0.25) is 0 Å². The van der Waals surface area contributed by atoms with Gasteiger partial charge in [0.1, 0.15) is 0 Å². The van der Waals surface area contributed by atoms with E-state index in [-0.39, 0.29) is 14.9 Å². The number of hydrogen-bond acceptors (Lipinski definition) is 1. The van der Waals surface area contributed by atoms with Crippen LogP contribution in [0, 0.1) is 6.92 Å². The molecule has 1 rings (SSSR count). The lowest BCUT2D eigenvalue weighted by Crippen LogP contribution is -2.04. The summed E-state index contributed by atoms with van der Waals surface area (Å²) in [7, 11) is 1.96. The molecule has 0 aromatic heterocycles. The van der Waals surface area contributed by atoms with Gasteiger partial charge in [0.15, 0.2) is 0 Å². The van der Waals surface area contributed by atoms with E-state index in [1.807, 2.05) is 7.05 Å². The fourth-order valence-electron chi connectivity index (χ4n) is 1.03. The molecule has 1 aromatic carbocycles. The van der Waals surface area contributed by atoms with Crippen LogP contribution >= 0.6 is 0 Å². The zero-order valence-electron chi connectivity index (χ0n) is 6.52. The van der Waals surface area contributed by atoms with Gasteiger partial charge in [-0.05, 0) is 19.5 Å². The van der Waals surface area contributed by atoms with Gasteiger partial charge in [0.05, 0.1) is 0 Å². The average molecular weight is 167 g/mol. The van der Waals surface area contributed by atoms with Crippen LogP contribution in [0.2, 0.25) is 0 Å². The molecule has 12 heavy (non-hydrogen) atoms. The molecule has 0 heterocycles. The van der Waals surface area contributed by atoms with E-state index in [1.165, 1.54) is 11.1 Å². The highest BCUT2D eigenvalue weighted by atomic mass is 14.8. The van der Waals surface area contributed by atoms with Crippen molar-refractivity contribution < 1.29 is 0 Å². The zero-order valence-corrected chi connectivity index (χ0v) is 6.52. The second kappa shape index (κ2) is 6.86. The Balaban J connectivity index is 0. The minimum absolute atomic E-state index is 0. The highest BCUT2D eigenvalue weighted by Crippen LogP contribution is 2.02. The Hall–Kier alpha value is -0.820. The van der Waals surface area contributed by atoms with E-state index >= 15 is 0 Å². The quantitative estimate of drug-likeness (QED) is 0.714. The zero-order chi connectivity index (χ0) is 7.40. The van der Waals surface area contributed by atoms with E-state index < -0.39 is 0 Å². The third-order valence-corrected chi connectivity index (χ3v) is 1.46. The lowest BCUT2D eigenvalue weighted by Gasteiger charge is -1.99. The molecule has 1 N–H and O–H groups in total. The van der Waals surface area contributed by atoms with Crippen molar-refractivity contribution in [2.24, 2.45) is 0 Å². The molecule has 1 nitrogen and oxygen atoms in total. The topological polar surface area (TPSA) is 12.0 Å². The van der Waals surface area contributed by atoms with Gasteiger partial charge in [-0.25, -0.2) is 0 Å². The summed E-state index contributed by atoms with van der Waals surface area (Å²) in [6, 6.07) is 8.52. The molecule has 0 fully saturated rings. The average Bonchev–Trinajstić information content (AvgIpc) is 1.88. The van der Waals surface area contributed by atoms with Gasteiger partial charge in [0, 0.05) is 6.54 Å². The highest BCUT2D eigenvalue weighted by Gasteiger charge is 1.88. The Bertz CT molecular complexity index is 206. The molecule has 0 amide bonds. The molecule has 0 bridgehead atoms. The largest absolute Gasteiger partial charge is 0.316 e. The molecule has 0 aliphatic carbocycles. The van der Waals surface area contributed by atoms with Crippen LogP contribution in [-0.4, -0.2) is 7.05 Å². The predicted octanol–water partition coefficient (Wildman–Crippen LogP) is 2.99. The molecule has 70 valence electrons. The molecule has 1 heteroatoms. The molecule has 0 spiro atoms. The standard InChI is InChI=1S/C9H13N.2CH4/c1-8-4-3-5-9(6-8)7-10-2;;/h3-6,10H,7H2,1-2H3;2*1H4. The van der Waals surface area contributed by atoms with Crippen molar-refractivity contribution in [2.45, 2.75) is 28.3 Å². The van der Waals surface area contributed by atoms with Crippen molar-refractivity contribution in [2.75, 3.05) is 7.05 Å². The van der Waals surface area contributed by atoms with Crippen LogP contribution in [0.1, 0.15) is 26.0 Å². The van der Waals surface area contributed by atoms with Crippen molar-refractivity contribution in [3.8, 4) is 0 Å². The first kappa shape index (κ1) is 13.7. The number of nitrogens with one attached hydrogen (secondary N) is 1. The van der Waals surface area contributed by atoms with Crippen molar-refractivity contribution in [1.29, 1.82) is 0 Å². The van der Waals surface area contributed by atoms with Crippen LogP contribution in [0.25, 0.3) is 0 Å². The lowest BCUT2D eigenvalue weighted by atomic mass is 10.1. The van der Waals surface area contributed by atoms with Gasteiger partial charge in [0.2, 0.25) is 0 Å². The van der Waals surface area contributed by atoms with E-state index in [2.05, 4.69) is 36.5 Å². The predicted molar refractivity (Wildman–Crippen MR) is 57.4 cm³/mol. The van der Waals surface area contributed by atoms with Crippen LogP contribution in [0.4, 0.5) is 0 Å². The molecule has 0 radical (unpaired) electrons. The fourth-order valence-corrected chi connectivity index (χ4v) is 1.03. The second-order valence-corrected chi connectivity index (χ2v) is 2.52. The summed E-state index contributed by atoms with van der Waals surface area (Å²) < 4.78 is 0. The molecular formula is C11H21N. The SMILES string of the molecule is C.C.CNCc1cccc(C)c1. The Morgan fingerprint density at radius 3 is 2.42 bits per heavy atom. The van der Waals surface area contributed by atoms with Crippen LogP contribution < -0.4 is 5.32 Å². The summed E-state index contributed by atoms with van der Waals surface area (Å²) in [4.78, 5) is 0. The maximum atomic E-state index is 3.11. The molecule has 0 saturated carbocycles. The number of benzene rings is 1. The fraction of sp³-hybridized carbons (Fsp3) is 0.455. The normalized spacial score (nSPS) is 8.17. The minimum atomic E-state index is 0. The monoisotopic (exact) mass is 167 g/mol. The van der Waals surface area contributed by atoms with Gasteiger partial charge in [-0.2, -0.15) is 0 Å². The Morgan fingerprint density at radius 1 is 1.25 bits per heavy atom. The van der Waals surface area contributed by atoms with E-state index in [0.717, 1.165) is 6.54 Å². The van der Waals surface area contributed by atoms with Gasteiger partial charge in [-0.15, -0.1) is 0 Å². The first-order valence-electron chi connectivity index (χ1n) is 3.53. The van der Waals surface area contributed by atoms with Crippen molar-refractivity contribution in [3.05, 3.63) is 35.4 Å². The molecule has 0 saturated heterocycles. The highest BCUT2D eigenvalue weighted by molar-refractivity contribution is 5.21. The maximum Gasteiger partial charge on any atom is 0.0202 e. The molecule has 0 atom stereocenters. The number of aryl methyl sites for hydroxylation is 1. The molecule has 0 aliphatic heterocycles. The first-order chi connectivity index (χ1) is 4.83. The lowest BCUT2D eigenvalue weighted by molar-refractivity contribution is 0.817. The van der Waals surface area contributed by atoms with Gasteiger partial charge in [0.25, 0.3) is 0 Å². The van der Waals surface area contributed by atoms with Gasteiger partial charge in [-0.1, -0.05) is 44.7 Å². The van der Waals surface area contributed by atoms with Crippen molar-refractivity contribution >= 4 is 0 Å². The van der Waals surface area contributed by atoms with Gasteiger partial charge < -0.3 is 5.32 Å². The Kier molecular flexibility index (Phi) is 7.86. The Morgan fingerprint density at radius 2 is 1.92 bits per heavy atom. The molecule has 1 aromatic rings. The third-order valence-electron chi connectivity index (χ3n) is 1.46. The molecule has 0 aliphatic rings. The number of hydrogen-bond donors (Lipinski definition) is 1. The van der Waals surface area contributed by atoms with E-state index in [1.54, 1.807) is 0 Å². The van der Waals surface area contributed by atoms with Crippen LogP contribution in [0.15, 0.2) is 24.3 Å². The van der Waals surface area contributed by atoms with Crippen LogP contribution in [0.5, 0.6) is 0 Å². The smallest absolute Gasteiger partial charge is 0.0202 e. The molecule has 0 unspecified atom stereocenters. The van der Waals surface area contributed by atoms with E-state index in [4.69, 9.17) is 0 Å². The Labute approximate surface area is 76.8 Å². The summed E-state index contributed by atoms with van der Waals surface area (Å²) in [5.41, 5.74) is 2.68. The summed E-state index contributed by atoms with van der Waals surface area (Å²) in [5.74, 6) is 0. The van der Waals surface area contributed by atoms with Crippen molar-refractivity contribution in [1.82, 2.24) is 5.32 Å². The van der Waals surface area contributed by atoms with E-state index in [9.17, 15) is 0 Å².